The second-order valence-corrected chi connectivity index (χ2v) is 46.1. The van der Waals surface area contributed by atoms with Crippen LogP contribution in [0.4, 0.5) is 17.1 Å². The molecule has 23 rings (SSSR count). The SMILES string of the molecule is CCCCCCCCC1(CCCCCCCC)c2ccccc2-c2ccc(-c3ccc4c(c3)C(C)(C)c3cc(-c5ccc6c(c5)C(C)(C)c5cc(-c7ccc8c(c7)Oc7cc(-c9ccc%10c(c9)C(C)(C)c9cc(-c%11ccc%12c(c%11)C(C)(C)c%11cc(-c%13ccc%14c(c%13)C(CCCCCCCC)(CCCCCCCC)c%13ccccc%13-%14)ccc%11-%12)ccc9-%10)ccc7N8c7ccc(-c8ccccc8)cc7)ccc5-6)ccc3-4)cc21. The van der Waals surface area contributed by atoms with E-state index in [1.165, 1.54) is 358 Å². The summed E-state index contributed by atoms with van der Waals surface area (Å²) >= 11 is 0. The fourth-order valence-corrected chi connectivity index (χ4v) is 27.7. The molecular formula is C142H145NO. The van der Waals surface area contributed by atoms with Gasteiger partial charge in [-0.05, 0) is 334 Å². The van der Waals surface area contributed by atoms with Gasteiger partial charge in [0.2, 0.25) is 0 Å². The predicted octanol–water partition coefficient (Wildman–Crippen LogP) is 41.7. The average Bonchev–Trinajstić information content (AvgIpc) is 1.52. The van der Waals surface area contributed by atoms with E-state index in [4.69, 9.17) is 4.74 Å². The minimum Gasteiger partial charge on any atom is -0.453 e. The monoisotopic (exact) mass is 1880 g/mol. The quantitative estimate of drug-likeness (QED) is 0.0363. The van der Waals surface area contributed by atoms with E-state index in [0.717, 1.165) is 39.7 Å². The third-order valence-electron chi connectivity index (χ3n) is 35.9. The van der Waals surface area contributed by atoms with Gasteiger partial charge in [-0.3, -0.25) is 0 Å². The molecule has 16 aromatic rings. The van der Waals surface area contributed by atoms with Crippen LogP contribution in [0.2, 0.25) is 0 Å². The van der Waals surface area contributed by atoms with Gasteiger partial charge in [0.25, 0.3) is 0 Å². The first-order valence-electron chi connectivity index (χ1n) is 55.8. The molecule has 2 heteroatoms. The molecule has 0 bridgehead atoms. The molecule has 0 radical (unpaired) electrons. The van der Waals surface area contributed by atoms with Crippen molar-refractivity contribution in [3.63, 3.8) is 0 Å². The van der Waals surface area contributed by atoms with E-state index in [1.807, 2.05) is 0 Å². The number of benzene rings is 16. The van der Waals surface area contributed by atoms with Crippen molar-refractivity contribution in [2.75, 3.05) is 4.90 Å². The molecular weight excluding hydrogens is 1740 g/mol. The molecule has 16 aromatic carbocycles. The number of hydrogen-bond acceptors (Lipinski definition) is 2. The van der Waals surface area contributed by atoms with Crippen molar-refractivity contribution < 1.29 is 4.74 Å². The molecule has 0 atom stereocenters. The second-order valence-electron chi connectivity index (χ2n) is 46.1. The van der Waals surface area contributed by atoms with E-state index in [0.29, 0.717) is 0 Å². The lowest BCUT2D eigenvalue weighted by molar-refractivity contribution is 0.398. The van der Waals surface area contributed by atoms with Crippen LogP contribution in [0.3, 0.4) is 0 Å². The van der Waals surface area contributed by atoms with Gasteiger partial charge in [-0.1, -0.05) is 462 Å². The van der Waals surface area contributed by atoms with Gasteiger partial charge in [0.05, 0.1) is 11.4 Å². The van der Waals surface area contributed by atoms with Crippen LogP contribution in [0.15, 0.2) is 322 Å². The molecule has 2 nitrogen and oxygen atoms in total. The second kappa shape index (κ2) is 38.6. The Hall–Kier alpha value is -12.9. The molecule has 6 aliphatic carbocycles. The molecule has 0 saturated heterocycles. The van der Waals surface area contributed by atoms with Crippen LogP contribution in [0.5, 0.6) is 11.5 Å². The first-order chi connectivity index (χ1) is 70.2. The maximum Gasteiger partial charge on any atom is 0.152 e. The molecule has 1 heterocycles. The number of rotatable bonds is 36. The van der Waals surface area contributed by atoms with Gasteiger partial charge < -0.3 is 9.64 Å². The summed E-state index contributed by atoms with van der Waals surface area (Å²) in [5.74, 6) is 1.65. The maximum atomic E-state index is 7.39. The van der Waals surface area contributed by atoms with E-state index in [-0.39, 0.29) is 32.5 Å². The van der Waals surface area contributed by atoms with E-state index in [9.17, 15) is 0 Å². The number of ether oxygens (including phenoxy) is 1. The third-order valence-corrected chi connectivity index (χ3v) is 35.9. The third kappa shape index (κ3) is 16.4. The Balaban J connectivity index is 0.503. The Morgan fingerprint density at radius 2 is 0.375 bits per heavy atom. The first-order valence-corrected chi connectivity index (χ1v) is 55.8. The molecule has 0 unspecified atom stereocenters. The van der Waals surface area contributed by atoms with Gasteiger partial charge in [-0.2, -0.15) is 0 Å². The molecule has 1 aliphatic heterocycles. The molecule has 0 N–H and O–H groups in total. The van der Waals surface area contributed by atoms with Crippen molar-refractivity contribution >= 4 is 17.1 Å². The van der Waals surface area contributed by atoms with Crippen molar-refractivity contribution in [2.24, 2.45) is 0 Å². The van der Waals surface area contributed by atoms with Crippen LogP contribution < -0.4 is 9.64 Å². The predicted molar refractivity (Wildman–Crippen MR) is 614 cm³/mol. The average molecular weight is 1880 g/mol. The summed E-state index contributed by atoms with van der Waals surface area (Å²) in [6, 6.07) is 126. The highest BCUT2D eigenvalue weighted by Gasteiger charge is 2.47. The molecule has 144 heavy (non-hydrogen) atoms. The summed E-state index contributed by atoms with van der Waals surface area (Å²) < 4.78 is 7.39. The number of anilines is 3. The summed E-state index contributed by atoms with van der Waals surface area (Å²) in [6.45, 7) is 28.9. The van der Waals surface area contributed by atoms with Gasteiger partial charge in [-0.25, -0.2) is 0 Å². The lowest BCUT2D eigenvalue weighted by Gasteiger charge is -2.33. The van der Waals surface area contributed by atoms with E-state index >= 15 is 0 Å². The Bertz CT molecular complexity index is 7160. The number of hydrogen-bond donors (Lipinski definition) is 0. The van der Waals surface area contributed by atoms with E-state index < -0.39 is 0 Å². The molecule has 0 amide bonds. The lowest BCUT2D eigenvalue weighted by atomic mass is 9.70. The summed E-state index contributed by atoms with van der Waals surface area (Å²) in [7, 11) is 0. The number of unbranched alkanes of at least 4 members (excludes halogenated alkanes) is 20. The Labute approximate surface area is 860 Å². The summed E-state index contributed by atoms with van der Waals surface area (Å²) in [5.41, 5.74) is 53.5. The first kappa shape index (κ1) is 94.7. The highest BCUT2D eigenvalue weighted by Crippen LogP contribution is 2.63. The maximum absolute atomic E-state index is 7.39. The summed E-state index contributed by atoms with van der Waals surface area (Å²) in [6.07, 6.45) is 36.6. The molecule has 7 aliphatic rings. The van der Waals surface area contributed by atoms with Crippen LogP contribution in [0, 0.1) is 0 Å². The highest BCUT2D eigenvalue weighted by atomic mass is 16.5. The van der Waals surface area contributed by atoms with Crippen LogP contribution in [0.25, 0.3) is 145 Å². The van der Waals surface area contributed by atoms with Crippen molar-refractivity contribution in [1.29, 1.82) is 0 Å². The summed E-state index contributed by atoms with van der Waals surface area (Å²) in [4.78, 5) is 2.40. The van der Waals surface area contributed by atoms with Crippen molar-refractivity contribution in [1.82, 2.24) is 0 Å². The molecule has 0 aromatic heterocycles. The van der Waals surface area contributed by atoms with Crippen LogP contribution in [-0.2, 0) is 32.5 Å². The molecule has 0 fully saturated rings. The van der Waals surface area contributed by atoms with Gasteiger partial charge in [0, 0.05) is 38.2 Å². The Kier molecular flexibility index (Phi) is 25.4. The molecule has 724 valence electrons. The largest absolute Gasteiger partial charge is 0.453 e. The lowest BCUT2D eigenvalue weighted by Crippen LogP contribution is -2.25. The van der Waals surface area contributed by atoms with E-state index in [2.05, 4.69) is 410 Å². The normalized spacial score (nSPS) is 15.3. The van der Waals surface area contributed by atoms with Crippen LogP contribution in [-0.4, -0.2) is 0 Å². The minimum atomic E-state index is -0.265. The van der Waals surface area contributed by atoms with Crippen molar-refractivity contribution in [3.05, 3.63) is 388 Å². The van der Waals surface area contributed by atoms with Gasteiger partial charge in [0.1, 0.15) is 0 Å². The van der Waals surface area contributed by atoms with Crippen LogP contribution in [0.1, 0.15) is 330 Å². The Morgan fingerprint density at radius 1 is 0.174 bits per heavy atom. The minimum absolute atomic E-state index is 0.0405. The molecule has 0 saturated carbocycles. The highest BCUT2D eigenvalue weighted by molar-refractivity contribution is 5.96. The Morgan fingerprint density at radius 3 is 0.646 bits per heavy atom. The number of nitrogens with zero attached hydrogens (tertiary/aromatic N) is 1. The van der Waals surface area contributed by atoms with Crippen molar-refractivity contribution in [3.8, 4) is 156 Å². The fraction of sp³-hybridized carbons (Fsp3) is 0.324. The van der Waals surface area contributed by atoms with Gasteiger partial charge in [-0.15, -0.1) is 0 Å². The zero-order chi connectivity index (χ0) is 98.4. The zero-order valence-electron chi connectivity index (χ0n) is 87.8. The number of fused-ring (bicyclic) bond motifs is 20. The standard InChI is InChI=1S/C142H145NO/c1-13-17-21-25-29-40-78-141(79-41-30-26-22-18-14-2)121-48-38-36-46-109(121)119-74-60-104(90-131(119)141)100-56-70-115-111-66-52-96(82-123(111)137(5,6)127(115)86-100)98-54-68-113-117-72-58-102(88-129(117)139(9,10)125(113)84-98)106-62-76-133-135(92-106)144-136-93-107(63-77-134(136)143(133)108-64-50-95(51-65-108)94-44-34-33-35-45-94)103-59-73-118-114-69-55-99(85-126(114)140(11,12)130(118)89-103)97-53-67-112-116-71-57-101(87-128(116)138(7,8)124(112)83-97)105-61-75-120-110-47-37-39-49-122(110)142(132(120)91-105,80-42-31-27-23-19-15-3)81-43-32-28-24-20-16-4/h33-39,44-77,82-93H,13-32,40-43,78-81H2,1-12H3. The smallest absolute Gasteiger partial charge is 0.152 e. The van der Waals surface area contributed by atoms with Crippen LogP contribution >= 0.6 is 0 Å². The zero-order valence-corrected chi connectivity index (χ0v) is 87.8. The fourth-order valence-electron chi connectivity index (χ4n) is 27.7. The van der Waals surface area contributed by atoms with E-state index in [1.54, 1.807) is 22.3 Å². The van der Waals surface area contributed by atoms with Crippen molar-refractivity contribution in [2.45, 2.75) is 295 Å². The van der Waals surface area contributed by atoms with Gasteiger partial charge >= 0.3 is 0 Å². The van der Waals surface area contributed by atoms with Gasteiger partial charge in [0.15, 0.2) is 11.5 Å². The summed E-state index contributed by atoms with van der Waals surface area (Å²) in [5, 5.41) is 0. The topological polar surface area (TPSA) is 12.5 Å². The molecule has 0 spiro atoms.